The minimum Gasteiger partial charge on any atom is -0.385 e. The maximum Gasteiger partial charge on any atom is 0.0923 e. The van der Waals surface area contributed by atoms with Crippen LogP contribution in [0.4, 0.5) is 5.69 Å². The van der Waals surface area contributed by atoms with Crippen LogP contribution in [0.3, 0.4) is 0 Å². The SMILES string of the molecule is CCNc1ccnc2c(Cl)ccc(Cl)c12. The molecule has 0 atom stereocenters. The van der Waals surface area contributed by atoms with E-state index in [0.29, 0.717) is 10.0 Å². The van der Waals surface area contributed by atoms with Gasteiger partial charge in [0.05, 0.1) is 15.6 Å². The molecule has 0 unspecified atom stereocenters. The number of rotatable bonds is 2. The zero-order valence-electron chi connectivity index (χ0n) is 8.22. The molecule has 0 aliphatic rings. The highest BCUT2D eigenvalue weighted by atomic mass is 35.5. The maximum absolute atomic E-state index is 6.13. The number of nitrogens with zero attached hydrogens (tertiary/aromatic N) is 1. The molecular weight excluding hydrogens is 231 g/mol. The monoisotopic (exact) mass is 240 g/mol. The number of nitrogens with one attached hydrogen (secondary N) is 1. The number of halogens is 2. The summed E-state index contributed by atoms with van der Waals surface area (Å²) in [4.78, 5) is 4.23. The third-order valence-electron chi connectivity index (χ3n) is 2.16. The summed E-state index contributed by atoms with van der Waals surface area (Å²) in [6.07, 6.45) is 1.72. The number of aromatic nitrogens is 1. The summed E-state index contributed by atoms with van der Waals surface area (Å²) in [5.74, 6) is 0. The Labute approximate surface area is 98.2 Å². The predicted molar refractivity (Wildman–Crippen MR) is 65.9 cm³/mol. The Balaban J connectivity index is 2.78. The van der Waals surface area contributed by atoms with Gasteiger partial charge >= 0.3 is 0 Å². The standard InChI is InChI=1S/C11H10Cl2N2/c1-2-14-9-5-6-15-11-8(13)4-3-7(12)10(9)11/h3-6H,2H2,1H3,(H,14,15). The van der Waals surface area contributed by atoms with Crippen molar-refractivity contribution in [3.8, 4) is 0 Å². The van der Waals surface area contributed by atoms with Crippen molar-refractivity contribution in [2.24, 2.45) is 0 Å². The Morgan fingerprint density at radius 3 is 2.67 bits per heavy atom. The fourth-order valence-electron chi connectivity index (χ4n) is 1.53. The van der Waals surface area contributed by atoms with Crippen molar-refractivity contribution in [1.82, 2.24) is 4.98 Å². The van der Waals surface area contributed by atoms with E-state index in [-0.39, 0.29) is 0 Å². The molecule has 0 saturated carbocycles. The number of hydrogen-bond donors (Lipinski definition) is 1. The van der Waals surface area contributed by atoms with Gasteiger partial charge in [-0.2, -0.15) is 0 Å². The van der Waals surface area contributed by atoms with Gasteiger partial charge < -0.3 is 5.32 Å². The Hall–Kier alpha value is -0.990. The molecule has 78 valence electrons. The van der Waals surface area contributed by atoms with Crippen LogP contribution in [0.1, 0.15) is 6.92 Å². The van der Waals surface area contributed by atoms with E-state index in [0.717, 1.165) is 23.1 Å². The van der Waals surface area contributed by atoms with Crippen molar-refractivity contribution >= 4 is 39.8 Å². The lowest BCUT2D eigenvalue weighted by atomic mass is 10.2. The molecule has 1 aromatic carbocycles. The highest BCUT2D eigenvalue weighted by molar-refractivity contribution is 6.40. The first-order valence-corrected chi connectivity index (χ1v) is 5.46. The Kier molecular flexibility index (Phi) is 2.98. The highest BCUT2D eigenvalue weighted by Crippen LogP contribution is 2.33. The summed E-state index contributed by atoms with van der Waals surface area (Å²) in [6, 6.07) is 5.44. The van der Waals surface area contributed by atoms with Gasteiger partial charge in [0.25, 0.3) is 0 Å². The van der Waals surface area contributed by atoms with Gasteiger partial charge in [-0.05, 0) is 25.1 Å². The number of anilines is 1. The van der Waals surface area contributed by atoms with Gasteiger partial charge in [0.1, 0.15) is 0 Å². The summed E-state index contributed by atoms with van der Waals surface area (Å²) in [5, 5.41) is 5.40. The van der Waals surface area contributed by atoms with E-state index in [1.165, 1.54) is 0 Å². The van der Waals surface area contributed by atoms with Gasteiger partial charge in [-0.25, -0.2) is 0 Å². The molecule has 1 N–H and O–H groups in total. The van der Waals surface area contributed by atoms with Crippen LogP contribution in [-0.4, -0.2) is 11.5 Å². The first-order valence-electron chi connectivity index (χ1n) is 4.70. The summed E-state index contributed by atoms with van der Waals surface area (Å²) in [6.45, 7) is 2.87. The van der Waals surface area contributed by atoms with Crippen LogP contribution in [-0.2, 0) is 0 Å². The summed E-state index contributed by atoms with van der Waals surface area (Å²) in [7, 11) is 0. The Morgan fingerprint density at radius 2 is 1.93 bits per heavy atom. The third kappa shape index (κ3) is 1.87. The van der Waals surface area contributed by atoms with Crippen LogP contribution in [0, 0.1) is 0 Å². The van der Waals surface area contributed by atoms with E-state index in [9.17, 15) is 0 Å². The fourth-order valence-corrected chi connectivity index (χ4v) is 1.99. The second kappa shape index (κ2) is 4.25. The molecule has 0 aliphatic carbocycles. The molecule has 1 heterocycles. The lowest BCUT2D eigenvalue weighted by molar-refractivity contribution is 1.21. The minimum absolute atomic E-state index is 0.620. The van der Waals surface area contributed by atoms with Crippen LogP contribution in [0.15, 0.2) is 24.4 Å². The predicted octanol–water partition coefficient (Wildman–Crippen LogP) is 3.97. The molecule has 15 heavy (non-hydrogen) atoms. The molecule has 0 fully saturated rings. The average molecular weight is 241 g/mol. The van der Waals surface area contributed by atoms with Crippen LogP contribution in [0.2, 0.25) is 10.0 Å². The number of benzene rings is 1. The van der Waals surface area contributed by atoms with Crippen LogP contribution in [0.25, 0.3) is 10.9 Å². The van der Waals surface area contributed by atoms with Crippen molar-refractivity contribution in [2.45, 2.75) is 6.92 Å². The molecule has 1 aromatic heterocycles. The first-order chi connectivity index (χ1) is 7.24. The quantitative estimate of drug-likeness (QED) is 0.860. The molecule has 0 spiro atoms. The van der Waals surface area contributed by atoms with Crippen molar-refractivity contribution in [1.29, 1.82) is 0 Å². The Morgan fingerprint density at radius 1 is 1.20 bits per heavy atom. The molecule has 0 amide bonds. The van der Waals surface area contributed by atoms with Gasteiger partial charge in [-0.1, -0.05) is 23.2 Å². The van der Waals surface area contributed by atoms with E-state index < -0.39 is 0 Å². The average Bonchev–Trinajstić information content (AvgIpc) is 2.24. The molecule has 0 bridgehead atoms. The molecular formula is C11H10Cl2N2. The zero-order valence-corrected chi connectivity index (χ0v) is 9.73. The molecule has 0 radical (unpaired) electrons. The second-order valence-corrected chi connectivity index (χ2v) is 3.96. The highest BCUT2D eigenvalue weighted by Gasteiger charge is 2.08. The molecule has 4 heteroatoms. The lowest BCUT2D eigenvalue weighted by Gasteiger charge is -2.09. The second-order valence-electron chi connectivity index (χ2n) is 3.14. The van der Waals surface area contributed by atoms with Crippen LogP contribution in [0.5, 0.6) is 0 Å². The maximum atomic E-state index is 6.13. The zero-order chi connectivity index (χ0) is 10.8. The number of fused-ring (bicyclic) bond motifs is 1. The van der Waals surface area contributed by atoms with E-state index in [1.54, 1.807) is 18.3 Å². The molecule has 2 rings (SSSR count). The minimum atomic E-state index is 0.620. The molecule has 2 aromatic rings. The van der Waals surface area contributed by atoms with Crippen molar-refractivity contribution < 1.29 is 0 Å². The van der Waals surface area contributed by atoms with E-state index >= 15 is 0 Å². The van der Waals surface area contributed by atoms with Gasteiger partial charge in [-0.15, -0.1) is 0 Å². The van der Waals surface area contributed by atoms with Crippen molar-refractivity contribution in [2.75, 3.05) is 11.9 Å². The van der Waals surface area contributed by atoms with Crippen LogP contribution >= 0.6 is 23.2 Å². The molecule has 2 nitrogen and oxygen atoms in total. The van der Waals surface area contributed by atoms with E-state index in [1.807, 2.05) is 13.0 Å². The van der Waals surface area contributed by atoms with Gasteiger partial charge in [0, 0.05) is 23.8 Å². The van der Waals surface area contributed by atoms with E-state index in [4.69, 9.17) is 23.2 Å². The third-order valence-corrected chi connectivity index (χ3v) is 2.78. The number of hydrogen-bond acceptors (Lipinski definition) is 2. The largest absolute Gasteiger partial charge is 0.385 e. The first kappa shape index (κ1) is 10.5. The van der Waals surface area contributed by atoms with Gasteiger partial charge in [-0.3, -0.25) is 4.98 Å². The normalized spacial score (nSPS) is 10.6. The summed E-state index contributed by atoms with van der Waals surface area (Å²) < 4.78 is 0. The summed E-state index contributed by atoms with van der Waals surface area (Å²) in [5.41, 5.74) is 1.71. The lowest BCUT2D eigenvalue weighted by Crippen LogP contribution is -1.98. The Bertz CT molecular complexity index is 497. The fraction of sp³-hybridized carbons (Fsp3) is 0.182. The van der Waals surface area contributed by atoms with Gasteiger partial charge in [0.15, 0.2) is 0 Å². The molecule has 0 aliphatic heterocycles. The van der Waals surface area contributed by atoms with Crippen molar-refractivity contribution in [3.05, 3.63) is 34.4 Å². The topological polar surface area (TPSA) is 24.9 Å². The van der Waals surface area contributed by atoms with Crippen LogP contribution < -0.4 is 5.32 Å². The van der Waals surface area contributed by atoms with E-state index in [2.05, 4.69) is 10.3 Å². The molecule has 0 saturated heterocycles. The van der Waals surface area contributed by atoms with Gasteiger partial charge in [0.2, 0.25) is 0 Å². The summed E-state index contributed by atoms with van der Waals surface area (Å²) >= 11 is 12.2. The van der Waals surface area contributed by atoms with Crippen molar-refractivity contribution in [3.63, 3.8) is 0 Å². The number of pyridine rings is 1. The smallest absolute Gasteiger partial charge is 0.0923 e.